The zero-order chi connectivity index (χ0) is 21.6. The summed E-state index contributed by atoms with van der Waals surface area (Å²) in [5.41, 5.74) is 0.612. The molecule has 0 fully saturated rings. The van der Waals surface area contributed by atoms with E-state index in [4.69, 9.17) is 16.3 Å². The summed E-state index contributed by atoms with van der Waals surface area (Å²) in [4.78, 5) is 43.2. The average molecular weight is 430 g/mol. The first kappa shape index (κ1) is 20.1. The number of hydrogen-bond acceptors (Lipinski definition) is 5. The zero-order valence-electron chi connectivity index (χ0n) is 16.8. The second kappa shape index (κ2) is 7.58. The highest BCUT2D eigenvalue weighted by atomic mass is 35.5. The molecule has 0 bridgehead atoms. The number of carbonyl (C=O) groups is 1. The average Bonchev–Trinajstić information content (AvgIpc) is 3.23. The number of methoxy groups -OCH3 is 1. The van der Waals surface area contributed by atoms with Gasteiger partial charge in [0.1, 0.15) is 0 Å². The fraction of sp³-hybridized carbons (Fsp3) is 0.300. The van der Waals surface area contributed by atoms with Crippen molar-refractivity contribution < 1.29 is 9.53 Å². The molecule has 0 unspecified atom stereocenters. The number of halogens is 1. The Balaban J connectivity index is 1.88. The molecule has 4 aromatic rings. The van der Waals surface area contributed by atoms with Crippen LogP contribution in [0.4, 0.5) is 0 Å². The van der Waals surface area contributed by atoms with Gasteiger partial charge in [0.05, 0.1) is 13.2 Å². The van der Waals surface area contributed by atoms with Crippen molar-refractivity contribution in [3.63, 3.8) is 0 Å². The van der Waals surface area contributed by atoms with Gasteiger partial charge in [0.25, 0.3) is 5.56 Å². The largest absolute Gasteiger partial charge is 0.383 e. The van der Waals surface area contributed by atoms with Crippen LogP contribution in [-0.4, -0.2) is 42.6 Å². The number of ketones is 1. The lowest BCUT2D eigenvalue weighted by Gasteiger charge is -2.08. The van der Waals surface area contributed by atoms with Gasteiger partial charge in [0.15, 0.2) is 16.9 Å². The molecule has 0 saturated heterocycles. The third-order valence-electron chi connectivity index (χ3n) is 5.13. The fourth-order valence-corrected chi connectivity index (χ4v) is 3.65. The van der Waals surface area contributed by atoms with E-state index in [0.717, 1.165) is 10.3 Å². The van der Waals surface area contributed by atoms with Crippen LogP contribution in [0, 0.1) is 6.92 Å². The first-order valence-corrected chi connectivity index (χ1v) is 9.66. The fourth-order valence-electron chi connectivity index (χ4n) is 3.52. The van der Waals surface area contributed by atoms with Gasteiger partial charge in [-0.3, -0.25) is 23.1 Å². The second-order valence-electron chi connectivity index (χ2n) is 7.03. The maximum atomic E-state index is 13.2. The van der Waals surface area contributed by atoms with E-state index in [0.29, 0.717) is 29.5 Å². The first-order chi connectivity index (χ1) is 14.3. The molecule has 0 saturated carbocycles. The lowest BCUT2D eigenvalue weighted by molar-refractivity contribution is 0.0969. The van der Waals surface area contributed by atoms with Crippen LogP contribution in [0.25, 0.3) is 16.9 Å². The Bertz CT molecular complexity index is 1390. The van der Waals surface area contributed by atoms with Crippen molar-refractivity contribution in [1.82, 2.24) is 23.1 Å². The third kappa shape index (κ3) is 3.16. The maximum Gasteiger partial charge on any atom is 0.332 e. The molecule has 156 valence electrons. The van der Waals surface area contributed by atoms with Gasteiger partial charge in [-0.2, -0.15) is 4.98 Å². The Morgan fingerprint density at radius 2 is 1.87 bits per heavy atom. The molecule has 0 aliphatic rings. The lowest BCUT2D eigenvalue weighted by Crippen LogP contribution is -2.41. The molecule has 1 aromatic carbocycles. The predicted molar refractivity (Wildman–Crippen MR) is 113 cm³/mol. The Kier molecular flexibility index (Phi) is 5.08. The van der Waals surface area contributed by atoms with Crippen LogP contribution in [0.5, 0.6) is 0 Å². The van der Waals surface area contributed by atoms with Crippen molar-refractivity contribution in [2.24, 2.45) is 7.05 Å². The molecule has 0 radical (unpaired) electrons. The molecule has 3 aromatic heterocycles. The smallest absolute Gasteiger partial charge is 0.332 e. The number of aryl methyl sites for hydroxylation is 2. The third-order valence-corrected chi connectivity index (χ3v) is 5.38. The van der Waals surface area contributed by atoms with Crippen LogP contribution in [-0.2, 0) is 24.9 Å². The number of rotatable bonds is 6. The van der Waals surface area contributed by atoms with Gasteiger partial charge >= 0.3 is 5.69 Å². The van der Waals surface area contributed by atoms with Gasteiger partial charge in [-0.05, 0) is 31.2 Å². The monoisotopic (exact) mass is 429 g/mol. The molecule has 9 nitrogen and oxygen atoms in total. The Morgan fingerprint density at radius 1 is 1.17 bits per heavy atom. The Morgan fingerprint density at radius 3 is 2.53 bits per heavy atom. The van der Waals surface area contributed by atoms with E-state index in [9.17, 15) is 14.4 Å². The van der Waals surface area contributed by atoms with E-state index in [1.165, 1.54) is 11.6 Å². The molecule has 10 heteroatoms. The summed E-state index contributed by atoms with van der Waals surface area (Å²) in [7, 11) is 3.14. The summed E-state index contributed by atoms with van der Waals surface area (Å²) in [6.45, 7) is 2.56. The minimum absolute atomic E-state index is 0.246. The number of carbonyl (C=O) groups excluding carboxylic acids is 1. The zero-order valence-corrected chi connectivity index (χ0v) is 17.5. The second-order valence-corrected chi connectivity index (χ2v) is 7.47. The normalized spacial score (nSPS) is 11.6. The Labute approximate surface area is 175 Å². The van der Waals surface area contributed by atoms with Crippen LogP contribution < -0.4 is 11.2 Å². The van der Waals surface area contributed by atoms with Gasteiger partial charge in [-0.25, -0.2) is 4.79 Å². The molecular formula is C20H20ClN5O4. The molecule has 3 heterocycles. The van der Waals surface area contributed by atoms with Gasteiger partial charge in [-0.1, -0.05) is 11.6 Å². The number of benzene rings is 1. The number of hydrogen-bond donors (Lipinski definition) is 0. The molecule has 4 rings (SSSR count). The van der Waals surface area contributed by atoms with E-state index < -0.39 is 11.2 Å². The highest BCUT2D eigenvalue weighted by Gasteiger charge is 2.21. The topological polar surface area (TPSA) is 92.5 Å². The molecule has 0 atom stereocenters. The number of imidazole rings is 2. The van der Waals surface area contributed by atoms with E-state index in [1.807, 2.05) is 11.5 Å². The van der Waals surface area contributed by atoms with Crippen molar-refractivity contribution in [1.29, 1.82) is 0 Å². The van der Waals surface area contributed by atoms with E-state index in [2.05, 4.69) is 4.98 Å². The quantitative estimate of drug-likeness (QED) is 0.434. The summed E-state index contributed by atoms with van der Waals surface area (Å²) in [5.74, 6) is 0.174. The van der Waals surface area contributed by atoms with Crippen molar-refractivity contribution in [2.45, 2.75) is 20.0 Å². The van der Waals surface area contributed by atoms with Crippen LogP contribution in [0.1, 0.15) is 16.1 Å². The molecule has 0 amide bonds. The summed E-state index contributed by atoms with van der Waals surface area (Å²) in [6, 6.07) is 6.31. The molecule has 0 aliphatic carbocycles. The van der Waals surface area contributed by atoms with Crippen molar-refractivity contribution >= 4 is 34.3 Å². The number of aromatic nitrogens is 5. The van der Waals surface area contributed by atoms with Gasteiger partial charge in [0, 0.05) is 43.2 Å². The predicted octanol–water partition coefficient (Wildman–Crippen LogP) is 1.64. The van der Waals surface area contributed by atoms with Crippen LogP contribution in [0.2, 0.25) is 5.02 Å². The minimum Gasteiger partial charge on any atom is -0.383 e. The minimum atomic E-state index is -0.601. The number of fused-ring (bicyclic) bond motifs is 3. The van der Waals surface area contributed by atoms with E-state index in [-0.39, 0.29) is 23.5 Å². The summed E-state index contributed by atoms with van der Waals surface area (Å²) < 4.78 is 10.9. The summed E-state index contributed by atoms with van der Waals surface area (Å²) in [6.07, 6.45) is 1.79. The molecule has 0 spiro atoms. The van der Waals surface area contributed by atoms with Gasteiger partial charge < -0.3 is 9.30 Å². The summed E-state index contributed by atoms with van der Waals surface area (Å²) in [5, 5.41) is 0.496. The van der Waals surface area contributed by atoms with E-state index >= 15 is 0 Å². The molecule has 0 aliphatic heterocycles. The Hall–Kier alpha value is -3.17. The number of Topliss-reactive ketones (excluding diaryl/α,β-unsaturated/α-hetero) is 1. The van der Waals surface area contributed by atoms with Crippen molar-refractivity contribution in [2.75, 3.05) is 13.7 Å². The van der Waals surface area contributed by atoms with Crippen LogP contribution in [0.3, 0.4) is 0 Å². The SMILES string of the molecule is COCCn1c(C)cn2c3c(=O)n(CC(=O)c4ccc(Cl)cc4)c(=O)n(C)c3nc12. The highest BCUT2D eigenvalue weighted by Crippen LogP contribution is 2.16. The van der Waals surface area contributed by atoms with Gasteiger partial charge in [-0.15, -0.1) is 0 Å². The molecule has 0 N–H and O–H groups in total. The van der Waals surface area contributed by atoms with Crippen molar-refractivity contribution in [3.8, 4) is 0 Å². The van der Waals surface area contributed by atoms with E-state index in [1.54, 1.807) is 42.0 Å². The van der Waals surface area contributed by atoms with Crippen LogP contribution in [0.15, 0.2) is 40.1 Å². The first-order valence-electron chi connectivity index (χ1n) is 9.29. The number of nitrogens with zero attached hydrogens (tertiary/aromatic N) is 5. The molecule has 30 heavy (non-hydrogen) atoms. The number of ether oxygens (including phenoxy) is 1. The standard InChI is InChI=1S/C20H20ClN5O4/c1-12-10-25-16-17(22-19(25)24(12)8-9-30-3)23(2)20(29)26(18(16)28)11-15(27)13-4-6-14(21)7-5-13/h4-7,10H,8-9,11H2,1-3H3. The van der Waals surface area contributed by atoms with Gasteiger partial charge in [0.2, 0.25) is 5.78 Å². The molecular weight excluding hydrogens is 410 g/mol. The van der Waals surface area contributed by atoms with Crippen molar-refractivity contribution in [3.05, 3.63) is 67.6 Å². The highest BCUT2D eigenvalue weighted by molar-refractivity contribution is 6.30. The van der Waals surface area contributed by atoms with Crippen LogP contribution >= 0.6 is 11.6 Å². The summed E-state index contributed by atoms with van der Waals surface area (Å²) >= 11 is 5.86. The lowest BCUT2D eigenvalue weighted by atomic mass is 10.1. The maximum absolute atomic E-state index is 13.2.